The number of rotatable bonds is 3. The lowest BCUT2D eigenvalue weighted by molar-refractivity contribution is -0.388. The van der Waals surface area contributed by atoms with E-state index in [0.717, 1.165) is 12.8 Å². The molecule has 0 saturated heterocycles. The van der Waals surface area contributed by atoms with Crippen LogP contribution in [-0.2, 0) is 7.05 Å². The van der Waals surface area contributed by atoms with Crippen LogP contribution in [0, 0.1) is 17.0 Å². The largest absolute Gasteiger partial charge is 0.406 e. The summed E-state index contributed by atoms with van der Waals surface area (Å²) in [6, 6.07) is 0. The second kappa shape index (κ2) is 4.01. The quantitative estimate of drug-likeness (QED) is 0.648. The van der Waals surface area contributed by atoms with E-state index < -0.39 is 4.92 Å². The highest BCUT2D eigenvalue weighted by atomic mass is 16.6. The average Bonchev–Trinajstić information content (AvgIpc) is 2.78. The van der Waals surface area contributed by atoms with E-state index in [1.54, 1.807) is 18.5 Å². The van der Waals surface area contributed by atoms with E-state index in [0.29, 0.717) is 11.6 Å². The van der Waals surface area contributed by atoms with Crippen molar-refractivity contribution in [3.8, 4) is 0 Å². The minimum Gasteiger partial charge on any atom is -0.359 e. The SMILES string of the molecule is Cc1nc([N+](=O)[O-])c(NC2(C)CCCC2)n1C. The number of anilines is 1. The van der Waals surface area contributed by atoms with Crippen LogP contribution < -0.4 is 5.32 Å². The number of nitrogens with one attached hydrogen (secondary N) is 1. The van der Waals surface area contributed by atoms with Gasteiger partial charge in [-0.25, -0.2) is 0 Å². The Labute approximate surface area is 100 Å². The van der Waals surface area contributed by atoms with Crippen molar-refractivity contribution in [2.24, 2.45) is 7.05 Å². The maximum atomic E-state index is 11.0. The van der Waals surface area contributed by atoms with Crippen molar-refractivity contribution in [3.05, 3.63) is 15.9 Å². The summed E-state index contributed by atoms with van der Waals surface area (Å²) in [5, 5.41) is 14.3. The maximum Gasteiger partial charge on any atom is 0.406 e. The Morgan fingerprint density at radius 3 is 2.59 bits per heavy atom. The summed E-state index contributed by atoms with van der Waals surface area (Å²) in [6.07, 6.45) is 4.45. The summed E-state index contributed by atoms with van der Waals surface area (Å²) in [4.78, 5) is 14.5. The van der Waals surface area contributed by atoms with E-state index >= 15 is 0 Å². The first-order valence-corrected chi connectivity index (χ1v) is 5.89. The second-order valence-corrected chi connectivity index (χ2v) is 5.04. The van der Waals surface area contributed by atoms with Crippen LogP contribution in [0.4, 0.5) is 11.6 Å². The molecule has 1 aliphatic carbocycles. The van der Waals surface area contributed by atoms with E-state index in [4.69, 9.17) is 0 Å². The molecule has 1 aromatic heterocycles. The maximum absolute atomic E-state index is 11.0. The van der Waals surface area contributed by atoms with Crippen molar-refractivity contribution in [2.45, 2.75) is 45.1 Å². The van der Waals surface area contributed by atoms with Crippen LogP contribution in [0.15, 0.2) is 0 Å². The van der Waals surface area contributed by atoms with Gasteiger partial charge >= 0.3 is 5.82 Å². The first kappa shape index (κ1) is 11.9. The van der Waals surface area contributed by atoms with Crippen molar-refractivity contribution in [1.29, 1.82) is 0 Å². The minimum absolute atomic E-state index is 0.0367. The molecule has 2 rings (SSSR count). The normalized spacial score (nSPS) is 18.3. The van der Waals surface area contributed by atoms with Crippen LogP contribution in [0.1, 0.15) is 38.4 Å². The van der Waals surface area contributed by atoms with Crippen molar-refractivity contribution in [2.75, 3.05) is 5.32 Å². The standard InChI is InChI=1S/C11H18N4O2/c1-8-12-9(15(16)17)10(14(8)3)13-11(2)6-4-5-7-11/h13H,4-7H2,1-3H3. The molecule has 0 amide bonds. The fourth-order valence-corrected chi connectivity index (χ4v) is 2.43. The molecule has 1 aromatic rings. The molecule has 0 bridgehead atoms. The highest BCUT2D eigenvalue weighted by Gasteiger charge is 2.33. The smallest absolute Gasteiger partial charge is 0.359 e. The van der Waals surface area contributed by atoms with Crippen molar-refractivity contribution < 1.29 is 4.92 Å². The van der Waals surface area contributed by atoms with Crippen LogP contribution in [0.5, 0.6) is 0 Å². The van der Waals surface area contributed by atoms with E-state index in [1.807, 2.05) is 0 Å². The van der Waals surface area contributed by atoms with Crippen molar-refractivity contribution in [1.82, 2.24) is 9.55 Å². The number of hydrogen-bond acceptors (Lipinski definition) is 4. The third-order valence-corrected chi connectivity index (χ3v) is 3.60. The number of aryl methyl sites for hydroxylation is 1. The van der Waals surface area contributed by atoms with Gasteiger partial charge in [0.25, 0.3) is 0 Å². The van der Waals surface area contributed by atoms with Gasteiger partial charge in [-0.2, -0.15) is 0 Å². The molecule has 1 fully saturated rings. The van der Waals surface area contributed by atoms with Gasteiger partial charge in [0.15, 0.2) is 0 Å². The topological polar surface area (TPSA) is 73.0 Å². The first-order valence-electron chi connectivity index (χ1n) is 5.89. The van der Waals surface area contributed by atoms with E-state index in [1.165, 1.54) is 12.8 Å². The van der Waals surface area contributed by atoms with Crippen LogP contribution in [-0.4, -0.2) is 20.0 Å². The van der Waals surface area contributed by atoms with E-state index in [9.17, 15) is 10.1 Å². The lowest BCUT2D eigenvalue weighted by Crippen LogP contribution is -2.32. The molecule has 6 heteroatoms. The van der Waals surface area contributed by atoms with Crippen LogP contribution in [0.3, 0.4) is 0 Å². The summed E-state index contributed by atoms with van der Waals surface area (Å²) in [7, 11) is 1.80. The molecule has 1 heterocycles. The second-order valence-electron chi connectivity index (χ2n) is 5.04. The van der Waals surface area contributed by atoms with Crippen LogP contribution in [0.25, 0.3) is 0 Å². The summed E-state index contributed by atoms with van der Waals surface area (Å²) in [5.74, 6) is 1.11. The molecule has 0 unspecified atom stereocenters. The Kier molecular flexibility index (Phi) is 2.81. The van der Waals surface area contributed by atoms with Gasteiger partial charge in [0.2, 0.25) is 11.6 Å². The molecule has 0 radical (unpaired) electrons. The molecule has 0 aliphatic heterocycles. The highest BCUT2D eigenvalue weighted by Crippen LogP contribution is 2.35. The van der Waals surface area contributed by atoms with Gasteiger partial charge in [-0.15, -0.1) is 0 Å². The fraction of sp³-hybridized carbons (Fsp3) is 0.727. The molecule has 0 aromatic carbocycles. The minimum atomic E-state index is -0.423. The van der Waals surface area contributed by atoms with Gasteiger partial charge in [0.1, 0.15) is 0 Å². The summed E-state index contributed by atoms with van der Waals surface area (Å²) in [6.45, 7) is 3.89. The zero-order valence-corrected chi connectivity index (χ0v) is 10.5. The fourth-order valence-electron chi connectivity index (χ4n) is 2.43. The Bertz CT molecular complexity index is 447. The van der Waals surface area contributed by atoms with Crippen LogP contribution in [0.2, 0.25) is 0 Å². The van der Waals surface area contributed by atoms with Gasteiger partial charge in [-0.05, 0) is 29.7 Å². The lowest BCUT2D eigenvalue weighted by Gasteiger charge is -2.25. The Balaban J connectivity index is 2.34. The first-order chi connectivity index (χ1) is 7.93. The Hall–Kier alpha value is -1.59. The summed E-state index contributed by atoms with van der Waals surface area (Å²) < 4.78 is 1.75. The third kappa shape index (κ3) is 2.11. The third-order valence-electron chi connectivity index (χ3n) is 3.60. The number of hydrogen-bond donors (Lipinski definition) is 1. The van der Waals surface area contributed by atoms with Gasteiger partial charge < -0.3 is 15.4 Å². The average molecular weight is 238 g/mol. The zero-order valence-electron chi connectivity index (χ0n) is 10.5. The monoisotopic (exact) mass is 238 g/mol. The van der Waals surface area contributed by atoms with Gasteiger partial charge in [-0.3, -0.25) is 4.57 Å². The van der Waals surface area contributed by atoms with E-state index in [-0.39, 0.29) is 11.4 Å². The molecule has 17 heavy (non-hydrogen) atoms. The summed E-state index contributed by atoms with van der Waals surface area (Å²) >= 11 is 0. The van der Waals surface area contributed by atoms with Crippen molar-refractivity contribution >= 4 is 11.6 Å². The molecular formula is C11H18N4O2. The van der Waals surface area contributed by atoms with Gasteiger partial charge in [0, 0.05) is 19.5 Å². The predicted octanol–water partition coefficient (Wildman–Crippen LogP) is 2.38. The Morgan fingerprint density at radius 2 is 2.06 bits per heavy atom. The van der Waals surface area contributed by atoms with Crippen molar-refractivity contribution in [3.63, 3.8) is 0 Å². The molecule has 94 valence electrons. The molecule has 0 atom stereocenters. The number of aromatic nitrogens is 2. The lowest BCUT2D eigenvalue weighted by atomic mass is 10.0. The molecular weight excluding hydrogens is 220 g/mol. The van der Waals surface area contributed by atoms with Gasteiger partial charge in [-0.1, -0.05) is 12.8 Å². The predicted molar refractivity (Wildman–Crippen MR) is 65.1 cm³/mol. The number of nitro groups is 1. The molecule has 1 aliphatic rings. The molecule has 1 N–H and O–H groups in total. The molecule has 6 nitrogen and oxygen atoms in total. The van der Waals surface area contributed by atoms with Gasteiger partial charge in [0.05, 0.1) is 0 Å². The highest BCUT2D eigenvalue weighted by molar-refractivity contribution is 5.55. The molecule has 0 spiro atoms. The van der Waals surface area contributed by atoms with Crippen LogP contribution >= 0.6 is 0 Å². The number of nitrogens with zero attached hydrogens (tertiary/aromatic N) is 3. The molecule has 1 saturated carbocycles. The van der Waals surface area contributed by atoms with E-state index in [2.05, 4.69) is 17.2 Å². The Morgan fingerprint density at radius 1 is 1.47 bits per heavy atom. The number of imidazole rings is 1. The zero-order chi connectivity index (χ0) is 12.6. The summed E-state index contributed by atoms with van der Waals surface area (Å²) in [5.41, 5.74) is -0.0367.